The first-order chi connectivity index (χ1) is 14.1. The Labute approximate surface area is 225 Å². The molecule has 2 N–H and O–H groups in total. The van der Waals surface area contributed by atoms with Gasteiger partial charge in [0.25, 0.3) is 0 Å². The zero-order valence-corrected chi connectivity index (χ0v) is 24.4. The zero-order chi connectivity index (χ0) is 22.4. The molecule has 0 heterocycles. The van der Waals surface area contributed by atoms with Crippen molar-refractivity contribution in [3.8, 4) is 0 Å². The second-order valence-corrected chi connectivity index (χ2v) is 9.56. The van der Waals surface area contributed by atoms with Crippen molar-refractivity contribution in [1.82, 2.24) is 4.90 Å². The molecule has 0 spiro atoms. The molecule has 1 radical (unpaired) electrons. The molecule has 0 aliphatic carbocycles. The first-order valence-electron chi connectivity index (χ1n) is 11.5. The van der Waals surface area contributed by atoms with Crippen LogP contribution in [0, 0.1) is 27.7 Å². The van der Waals surface area contributed by atoms with Gasteiger partial charge in [-0.15, -0.1) is 0 Å². The molecular formula is C27H43Cl2CoN3. The maximum absolute atomic E-state index is 3.77. The van der Waals surface area contributed by atoms with E-state index in [1.807, 2.05) is 0 Å². The number of aryl methyl sites for hydroxylation is 4. The molecular weight excluding hydrogens is 496 g/mol. The van der Waals surface area contributed by atoms with Gasteiger partial charge in [0.05, 0.1) is 0 Å². The summed E-state index contributed by atoms with van der Waals surface area (Å²) in [5.41, 5.74) is 10.9. The van der Waals surface area contributed by atoms with Gasteiger partial charge in [0.15, 0.2) is 0 Å². The molecule has 0 atom stereocenters. The molecule has 0 aliphatic heterocycles. The summed E-state index contributed by atoms with van der Waals surface area (Å²) in [4.78, 5) is 2.40. The van der Waals surface area contributed by atoms with E-state index in [1.165, 1.54) is 44.8 Å². The van der Waals surface area contributed by atoms with Crippen molar-refractivity contribution in [2.75, 3.05) is 43.9 Å². The molecule has 0 amide bonds. The smallest absolute Gasteiger partial charge is 1.00 e. The van der Waals surface area contributed by atoms with Crippen LogP contribution in [0.25, 0.3) is 0 Å². The molecule has 0 saturated carbocycles. The summed E-state index contributed by atoms with van der Waals surface area (Å²) < 4.78 is 0. The van der Waals surface area contributed by atoms with Gasteiger partial charge in [-0.1, -0.05) is 63.1 Å². The fourth-order valence-electron chi connectivity index (χ4n) is 4.27. The first kappa shape index (κ1) is 34.3. The molecule has 0 saturated heterocycles. The number of hydrogen-bond donors (Lipinski definition) is 2. The standard InChI is InChI=1S/C27H43N3.2ClH.Co/c1-18(2)24-16-21(6)17-25(19(3)4)27(24)29-11-13-30(9)12-10-28-26-22(7)14-20(5)15-23(26)8;;;/h14-19,28-29H,10-13H2,1-9H3;2*1H;/q;;;+2/p-2. The number of anilines is 2. The van der Waals surface area contributed by atoms with Crippen LogP contribution in [-0.4, -0.2) is 38.1 Å². The second kappa shape index (κ2) is 15.9. The number of halogens is 2. The van der Waals surface area contributed by atoms with Crippen LogP contribution in [-0.2, 0) is 16.8 Å². The van der Waals surface area contributed by atoms with E-state index in [2.05, 4.69) is 102 Å². The largest absolute Gasteiger partial charge is 2.00 e. The Morgan fingerprint density at radius 3 is 1.42 bits per heavy atom. The number of nitrogens with one attached hydrogen (secondary N) is 2. The summed E-state index contributed by atoms with van der Waals surface area (Å²) in [6.07, 6.45) is 0. The molecule has 189 valence electrons. The van der Waals surface area contributed by atoms with Crippen LogP contribution in [0.2, 0.25) is 0 Å². The molecule has 3 nitrogen and oxygen atoms in total. The number of likely N-dealkylation sites (N-methyl/N-ethyl adjacent to an activating group) is 1. The maximum atomic E-state index is 3.77. The van der Waals surface area contributed by atoms with Crippen molar-refractivity contribution in [2.45, 2.75) is 67.2 Å². The van der Waals surface area contributed by atoms with E-state index < -0.39 is 0 Å². The minimum Gasteiger partial charge on any atom is -1.00 e. The summed E-state index contributed by atoms with van der Waals surface area (Å²) in [6, 6.07) is 9.20. The molecule has 0 aromatic heterocycles. The van der Waals surface area contributed by atoms with E-state index in [4.69, 9.17) is 0 Å². The minimum atomic E-state index is 0. The quantitative estimate of drug-likeness (QED) is 0.464. The minimum absolute atomic E-state index is 0. The van der Waals surface area contributed by atoms with Crippen molar-refractivity contribution in [1.29, 1.82) is 0 Å². The van der Waals surface area contributed by atoms with Gasteiger partial charge in [-0.3, -0.25) is 0 Å². The van der Waals surface area contributed by atoms with Crippen LogP contribution in [0.1, 0.15) is 72.9 Å². The molecule has 6 heteroatoms. The number of hydrogen-bond acceptors (Lipinski definition) is 3. The predicted octanol–water partition coefficient (Wildman–Crippen LogP) is 0.628. The Morgan fingerprint density at radius 1 is 0.667 bits per heavy atom. The van der Waals surface area contributed by atoms with E-state index in [0.717, 1.165) is 26.2 Å². The molecule has 0 fully saturated rings. The molecule has 2 aromatic carbocycles. The van der Waals surface area contributed by atoms with Gasteiger partial charge >= 0.3 is 16.8 Å². The van der Waals surface area contributed by atoms with E-state index in [0.29, 0.717) is 11.8 Å². The van der Waals surface area contributed by atoms with E-state index in [9.17, 15) is 0 Å². The van der Waals surface area contributed by atoms with Crippen LogP contribution < -0.4 is 35.4 Å². The summed E-state index contributed by atoms with van der Waals surface area (Å²) in [5, 5.41) is 7.41. The molecule has 2 aromatic rings. The second-order valence-electron chi connectivity index (χ2n) is 9.56. The molecule has 0 unspecified atom stereocenters. The number of benzene rings is 2. The van der Waals surface area contributed by atoms with E-state index in [1.54, 1.807) is 0 Å². The summed E-state index contributed by atoms with van der Waals surface area (Å²) in [7, 11) is 2.21. The van der Waals surface area contributed by atoms with Crippen LogP contribution in [0.3, 0.4) is 0 Å². The van der Waals surface area contributed by atoms with E-state index in [-0.39, 0.29) is 41.6 Å². The van der Waals surface area contributed by atoms with E-state index >= 15 is 0 Å². The van der Waals surface area contributed by atoms with Gasteiger partial charge in [0.2, 0.25) is 0 Å². The summed E-state index contributed by atoms with van der Waals surface area (Å²) in [5.74, 6) is 1.04. The van der Waals surface area contributed by atoms with Crippen molar-refractivity contribution in [2.24, 2.45) is 0 Å². The average molecular weight is 540 g/mol. The molecule has 33 heavy (non-hydrogen) atoms. The van der Waals surface area contributed by atoms with Gasteiger partial charge in [-0.25, -0.2) is 0 Å². The summed E-state index contributed by atoms with van der Waals surface area (Å²) in [6.45, 7) is 21.9. The number of nitrogens with zero attached hydrogens (tertiary/aromatic N) is 1. The fraction of sp³-hybridized carbons (Fsp3) is 0.556. The fourth-order valence-corrected chi connectivity index (χ4v) is 4.27. The third kappa shape index (κ3) is 10.1. The Kier molecular flexibility index (Phi) is 16.5. The Morgan fingerprint density at radius 2 is 1.03 bits per heavy atom. The van der Waals surface area contributed by atoms with Crippen LogP contribution in [0.4, 0.5) is 11.4 Å². The van der Waals surface area contributed by atoms with Gasteiger partial charge in [-0.05, 0) is 68.8 Å². The van der Waals surface area contributed by atoms with Crippen LogP contribution in [0.5, 0.6) is 0 Å². The Bertz CT molecular complexity index is 801. The Hall–Kier alpha value is -0.914. The monoisotopic (exact) mass is 538 g/mol. The maximum Gasteiger partial charge on any atom is 2.00 e. The van der Waals surface area contributed by atoms with Gasteiger partial charge in [-0.2, -0.15) is 0 Å². The molecule has 0 bridgehead atoms. The van der Waals surface area contributed by atoms with Gasteiger partial charge < -0.3 is 40.3 Å². The van der Waals surface area contributed by atoms with Gasteiger partial charge in [0.1, 0.15) is 0 Å². The summed E-state index contributed by atoms with van der Waals surface area (Å²) >= 11 is 0. The normalized spacial score (nSPS) is 10.5. The number of rotatable bonds is 10. The third-order valence-corrected chi connectivity index (χ3v) is 5.86. The van der Waals surface area contributed by atoms with Crippen molar-refractivity contribution in [3.63, 3.8) is 0 Å². The molecule has 2 rings (SSSR count). The SMILES string of the molecule is Cc1cc(C)c(NCCN(C)CCNc2c(C(C)C)cc(C)cc2C(C)C)c(C)c1.[Cl-].[Cl-].[Co+2]. The Balaban J connectivity index is 0. The molecule has 0 aliphatic rings. The van der Waals surface area contributed by atoms with Crippen molar-refractivity contribution >= 4 is 11.4 Å². The van der Waals surface area contributed by atoms with Crippen LogP contribution in [0.15, 0.2) is 24.3 Å². The van der Waals surface area contributed by atoms with Crippen molar-refractivity contribution in [3.05, 3.63) is 57.6 Å². The zero-order valence-electron chi connectivity index (χ0n) is 21.8. The topological polar surface area (TPSA) is 27.3 Å². The van der Waals surface area contributed by atoms with Gasteiger partial charge in [0, 0.05) is 37.6 Å². The predicted molar refractivity (Wildman–Crippen MR) is 134 cm³/mol. The van der Waals surface area contributed by atoms with Crippen LogP contribution >= 0.6 is 0 Å². The average Bonchev–Trinajstić information content (AvgIpc) is 2.64. The third-order valence-electron chi connectivity index (χ3n) is 5.86. The van der Waals surface area contributed by atoms with Crippen molar-refractivity contribution < 1.29 is 41.6 Å². The first-order valence-corrected chi connectivity index (χ1v) is 11.5.